The van der Waals surface area contributed by atoms with Crippen molar-refractivity contribution in [2.45, 2.75) is 45.1 Å². The molecule has 0 aliphatic heterocycles. The van der Waals surface area contributed by atoms with Crippen molar-refractivity contribution in [1.29, 1.82) is 0 Å². The summed E-state index contributed by atoms with van der Waals surface area (Å²) in [6.07, 6.45) is 7.91. The quantitative estimate of drug-likeness (QED) is 0.454. The van der Waals surface area contributed by atoms with Crippen LogP contribution in [0.15, 0.2) is 29.4 Å². The first kappa shape index (κ1) is 16.4. The van der Waals surface area contributed by atoms with E-state index in [9.17, 15) is 4.79 Å². The molecule has 0 bridgehead atoms. The van der Waals surface area contributed by atoms with Crippen molar-refractivity contribution in [2.24, 2.45) is 5.10 Å². The number of nitrogens with one attached hydrogen (secondary N) is 3. The van der Waals surface area contributed by atoms with E-state index in [4.69, 9.17) is 12.2 Å². The van der Waals surface area contributed by atoms with Gasteiger partial charge in [-0.05, 0) is 42.8 Å². The van der Waals surface area contributed by atoms with E-state index in [0.29, 0.717) is 11.2 Å². The minimum atomic E-state index is -0.0813. The van der Waals surface area contributed by atoms with Crippen LogP contribution < -0.4 is 16.1 Å². The number of carbonyl (C=O) groups excluding carboxylic acids is 1. The Hall–Kier alpha value is -1.95. The lowest BCUT2D eigenvalue weighted by Crippen LogP contribution is -2.40. The van der Waals surface area contributed by atoms with Crippen LogP contribution in [0.2, 0.25) is 0 Å². The molecule has 118 valence electrons. The second-order valence-corrected chi connectivity index (χ2v) is 5.89. The zero-order valence-corrected chi connectivity index (χ0v) is 13.6. The van der Waals surface area contributed by atoms with Crippen molar-refractivity contribution in [3.05, 3.63) is 29.8 Å². The number of thiocarbonyl (C=S) groups is 1. The van der Waals surface area contributed by atoms with E-state index in [1.165, 1.54) is 39.0 Å². The fraction of sp³-hybridized carbons (Fsp3) is 0.438. The van der Waals surface area contributed by atoms with Gasteiger partial charge >= 0.3 is 0 Å². The Bertz CT molecular complexity index is 536. The van der Waals surface area contributed by atoms with E-state index in [2.05, 4.69) is 21.2 Å². The Labute approximate surface area is 136 Å². The number of hydrogen-bond acceptors (Lipinski definition) is 3. The summed E-state index contributed by atoms with van der Waals surface area (Å²) in [4.78, 5) is 10.9. The minimum absolute atomic E-state index is 0.0813. The summed E-state index contributed by atoms with van der Waals surface area (Å²) < 4.78 is 0. The van der Waals surface area contributed by atoms with Gasteiger partial charge in [-0.1, -0.05) is 31.4 Å². The molecule has 22 heavy (non-hydrogen) atoms. The number of hydrazone groups is 1. The van der Waals surface area contributed by atoms with E-state index in [-0.39, 0.29) is 5.91 Å². The lowest BCUT2D eigenvalue weighted by atomic mass is 9.96. The number of rotatable bonds is 4. The topological polar surface area (TPSA) is 65.5 Å². The molecule has 1 saturated carbocycles. The van der Waals surface area contributed by atoms with Gasteiger partial charge in [0.2, 0.25) is 5.91 Å². The molecule has 0 saturated heterocycles. The highest BCUT2D eigenvalue weighted by atomic mass is 32.1. The second-order valence-electron chi connectivity index (χ2n) is 5.48. The van der Waals surface area contributed by atoms with Crippen LogP contribution in [0.5, 0.6) is 0 Å². The number of nitrogens with zero attached hydrogens (tertiary/aromatic N) is 1. The van der Waals surface area contributed by atoms with Gasteiger partial charge in [-0.15, -0.1) is 0 Å². The molecular weight excluding hydrogens is 296 g/mol. The Balaban J connectivity index is 1.76. The molecule has 1 aliphatic rings. The van der Waals surface area contributed by atoms with Gasteiger partial charge in [0.25, 0.3) is 0 Å². The van der Waals surface area contributed by atoms with Crippen LogP contribution in [-0.2, 0) is 4.79 Å². The average Bonchev–Trinajstić information content (AvgIpc) is 2.49. The zero-order valence-electron chi connectivity index (χ0n) is 12.8. The van der Waals surface area contributed by atoms with Crippen LogP contribution in [0.3, 0.4) is 0 Å². The summed E-state index contributed by atoms with van der Waals surface area (Å²) >= 11 is 5.23. The van der Waals surface area contributed by atoms with E-state index in [1.807, 2.05) is 24.3 Å². The highest BCUT2D eigenvalue weighted by Crippen LogP contribution is 2.17. The van der Waals surface area contributed by atoms with Crippen LogP contribution in [-0.4, -0.2) is 23.3 Å². The maximum Gasteiger partial charge on any atom is 0.221 e. The molecule has 1 aromatic carbocycles. The van der Waals surface area contributed by atoms with Crippen LogP contribution in [0.4, 0.5) is 5.69 Å². The van der Waals surface area contributed by atoms with Gasteiger partial charge in [0.15, 0.2) is 5.11 Å². The molecule has 1 amide bonds. The minimum Gasteiger partial charge on any atom is -0.359 e. The standard InChI is InChI=1S/C16H22N4OS/c1-12(21)18-15-9-7-13(8-10-15)11-17-20-16(22)19-14-5-3-2-4-6-14/h7-11,14H,2-6H2,1H3,(H,18,21)(H2,19,20,22). The Kier molecular flexibility index (Phi) is 6.33. The number of anilines is 1. The smallest absolute Gasteiger partial charge is 0.221 e. The third-order valence-corrected chi connectivity index (χ3v) is 3.76. The van der Waals surface area contributed by atoms with Gasteiger partial charge in [0.1, 0.15) is 0 Å². The monoisotopic (exact) mass is 318 g/mol. The van der Waals surface area contributed by atoms with E-state index < -0.39 is 0 Å². The van der Waals surface area contributed by atoms with Gasteiger partial charge < -0.3 is 10.6 Å². The fourth-order valence-electron chi connectivity index (χ4n) is 2.49. The zero-order chi connectivity index (χ0) is 15.8. The van der Waals surface area contributed by atoms with Gasteiger partial charge in [0, 0.05) is 18.7 Å². The Morgan fingerprint density at radius 1 is 1.23 bits per heavy atom. The summed E-state index contributed by atoms with van der Waals surface area (Å²) in [7, 11) is 0. The second kappa shape index (κ2) is 8.48. The molecule has 0 unspecified atom stereocenters. The third kappa shape index (κ3) is 5.81. The SMILES string of the molecule is CC(=O)Nc1ccc(C=NNC(=S)NC2CCCCC2)cc1. The van der Waals surface area contributed by atoms with Crippen molar-refractivity contribution in [2.75, 3.05) is 5.32 Å². The molecule has 5 nitrogen and oxygen atoms in total. The van der Waals surface area contributed by atoms with Crippen LogP contribution in [0.1, 0.15) is 44.6 Å². The van der Waals surface area contributed by atoms with Gasteiger partial charge in [0.05, 0.1) is 6.21 Å². The van der Waals surface area contributed by atoms with E-state index in [1.54, 1.807) is 6.21 Å². The van der Waals surface area contributed by atoms with Crippen molar-refractivity contribution in [3.8, 4) is 0 Å². The summed E-state index contributed by atoms with van der Waals surface area (Å²) in [5.74, 6) is -0.0813. The molecule has 3 N–H and O–H groups in total. The van der Waals surface area contributed by atoms with Crippen LogP contribution >= 0.6 is 12.2 Å². The van der Waals surface area contributed by atoms with Gasteiger partial charge in [-0.25, -0.2) is 0 Å². The number of carbonyl (C=O) groups is 1. The van der Waals surface area contributed by atoms with Crippen molar-refractivity contribution < 1.29 is 4.79 Å². The summed E-state index contributed by atoms with van der Waals surface area (Å²) in [6, 6.07) is 7.91. The van der Waals surface area contributed by atoms with Crippen LogP contribution in [0.25, 0.3) is 0 Å². The molecule has 0 atom stereocenters. The molecular formula is C16H22N4OS. The van der Waals surface area contributed by atoms with E-state index in [0.717, 1.165) is 11.3 Å². The largest absolute Gasteiger partial charge is 0.359 e. The lowest BCUT2D eigenvalue weighted by molar-refractivity contribution is -0.114. The molecule has 1 aliphatic carbocycles. The fourth-order valence-corrected chi connectivity index (χ4v) is 2.71. The maximum absolute atomic E-state index is 10.9. The predicted molar refractivity (Wildman–Crippen MR) is 94.1 cm³/mol. The first-order valence-electron chi connectivity index (χ1n) is 7.61. The van der Waals surface area contributed by atoms with Crippen molar-refractivity contribution in [1.82, 2.24) is 10.7 Å². The third-order valence-electron chi connectivity index (χ3n) is 3.55. The highest BCUT2D eigenvalue weighted by Gasteiger charge is 2.13. The molecule has 0 heterocycles. The normalized spacial score (nSPS) is 15.5. The van der Waals surface area contributed by atoms with Gasteiger partial charge in [-0.3, -0.25) is 10.2 Å². The summed E-state index contributed by atoms with van der Waals surface area (Å²) in [5, 5.41) is 10.7. The van der Waals surface area contributed by atoms with Crippen LogP contribution in [0, 0.1) is 0 Å². The highest BCUT2D eigenvalue weighted by molar-refractivity contribution is 7.80. The average molecular weight is 318 g/mol. The van der Waals surface area contributed by atoms with Crippen molar-refractivity contribution in [3.63, 3.8) is 0 Å². The molecule has 0 aromatic heterocycles. The molecule has 2 rings (SSSR count). The molecule has 1 fully saturated rings. The van der Waals surface area contributed by atoms with E-state index >= 15 is 0 Å². The first-order chi connectivity index (χ1) is 10.6. The molecule has 6 heteroatoms. The molecule has 1 aromatic rings. The first-order valence-corrected chi connectivity index (χ1v) is 8.01. The molecule has 0 spiro atoms. The van der Waals surface area contributed by atoms with Crippen molar-refractivity contribution >= 4 is 35.1 Å². The maximum atomic E-state index is 10.9. The number of benzene rings is 1. The Morgan fingerprint density at radius 2 is 1.91 bits per heavy atom. The van der Waals surface area contributed by atoms with Gasteiger partial charge in [-0.2, -0.15) is 5.10 Å². The summed E-state index contributed by atoms with van der Waals surface area (Å²) in [5.41, 5.74) is 4.55. The number of amides is 1. The molecule has 0 radical (unpaired) electrons. The lowest BCUT2D eigenvalue weighted by Gasteiger charge is -2.23. The Morgan fingerprint density at radius 3 is 2.55 bits per heavy atom. The number of hydrogen-bond donors (Lipinski definition) is 3. The summed E-state index contributed by atoms with van der Waals surface area (Å²) in [6.45, 7) is 1.49. The predicted octanol–water partition coefficient (Wildman–Crippen LogP) is 2.78.